The smallest absolute Gasteiger partial charge is 0.183 e. The molecule has 6 nitrogen and oxygen atoms in total. The molecule has 1 N–H and O–H groups in total. The molecule has 2 aromatic rings. The Bertz CT molecular complexity index is 945. The van der Waals surface area contributed by atoms with Gasteiger partial charge in [0.15, 0.2) is 19.7 Å². The molecule has 1 aliphatic heterocycles. The summed E-state index contributed by atoms with van der Waals surface area (Å²) in [5.41, 5.74) is 0.856. The number of nitrogens with one attached hydrogen (secondary N) is 1. The van der Waals surface area contributed by atoms with E-state index in [1.165, 1.54) is 24.3 Å². The van der Waals surface area contributed by atoms with E-state index in [0.717, 1.165) is 5.56 Å². The zero-order valence-corrected chi connectivity index (χ0v) is 15.6. The Morgan fingerprint density at radius 1 is 1.16 bits per heavy atom. The third-order valence-electron chi connectivity index (χ3n) is 4.13. The molecule has 2 heterocycles. The number of hydrogen-bond donors (Lipinski definition) is 1. The molecule has 1 fully saturated rings. The van der Waals surface area contributed by atoms with E-state index in [1.807, 2.05) is 6.07 Å². The van der Waals surface area contributed by atoms with Crippen LogP contribution >= 0.6 is 11.6 Å². The summed E-state index contributed by atoms with van der Waals surface area (Å²) in [5, 5.41) is 2.45. The summed E-state index contributed by atoms with van der Waals surface area (Å²) in [4.78, 5) is 4.07. The minimum absolute atomic E-state index is 0.0761. The van der Waals surface area contributed by atoms with Crippen LogP contribution in [0.4, 0.5) is 0 Å². The molecule has 1 aromatic heterocycles. The summed E-state index contributed by atoms with van der Waals surface area (Å²) >= 11 is 5.80. The predicted molar refractivity (Wildman–Crippen MR) is 95.9 cm³/mol. The van der Waals surface area contributed by atoms with Crippen molar-refractivity contribution in [2.45, 2.75) is 22.7 Å². The molecule has 1 saturated heterocycles. The maximum atomic E-state index is 12.9. The van der Waals surface area contributed by atoms with E-state index in [4.69, 9.17) is 11.6 Å². The van der Waals surface area contributed by atoms with Gasteiger partial charge in [0.1, 0.15) is 0 Å². The van der Waals surface area contributed by atoms with Gasteiger partial charge in [0.05, 0.1) is 21.7 Å². The number of rotatable bonds is 5. The first-order valence-corrected chi connectivity index (χ1v) is 11.3. The highest BCUT2D eigenvalue weighted by Gasteiger charge is 2.45. The van der Waals surface area contributed by atoms with Crippen molar-refractivity contribution in [2.24, 2.45) is 0 Å². The fourth-order valence-corrected chi connectivity index (χ4v) is 7.70. The number of nitrogens with zero attached hydrogens (tertiary/aromatic N) is 1. The van der Waals surface area contributed by atoms with E-state index in [-0.39, 0.29) is 16.4 Å². The summed E-state index contributed by atoms with van der Waals surface area (Å²) in [6.07, 6.45) is 3.29. The SMILES string of the molecule is O=S1(=O)CC(NCc2cccnc2)C(S(=O)(=O)c2ccc(Cl)cc2)C1. The fraction of sp³-hybridized carbons (Fsp3) is 0.312. The van der Waals surface area contributed by atoms with E-state index < -0.39 is 31.0 Å². The molecule has 25 heavy (non-hydrogen) atoms. The minimum atomic E-state index is -3.80. The lowest BCUT2D eigenvalue weighted by molar-refractivity contribution is 0.525. The molecule has 9 heteroatoms. The van der Waals surface area contributed by atoms with Crippen LogP contribution in [0.2, 0.25) is 5.02 Å². The van der Waals surface area contributed by atoms with Gasteiger partial charge in [-0.05, 0) is 35.9 Å². The standard InChI is InChI=1S/C16H17ClN2O4S2/c17-13-3-5-14(6-4-13)25(22,23)16-11-24(20,21)10-15(16)19-9-12-2-1-7-18-8-12/h1-8,15-16,19H,9-11H2. The molecule has 0 amide bonds. The minimum Gasteiger partial charge on any atom is -0.308 e. The number of sulfone groups is 2. The second kappa shape index (κ2) is 7.03. The molecule has 1 aromatic carbocycles. The van der Waals surface area contributed by atoms with Gasteiger partial charge < -0.3 is 5.32 Å². The fourth-order valence-electron chi connectivity index (χ4n) is 2.86. The first kappa shape index (κ1) is 18.3. The van der Waals surface area contributed by atoms with Crippen molar-refractivity contribution in [1.82, 2.24) is 10.3 Å². The number of benzene rings is 1. The van der Waals surface area contributed by atoms with Gasteiger partial charge in [-0.2, -0.15) is 0 Å². The molecule has 0 bridgehead atoms. The summed E-state index contributed by atoms with van der Waals surface area (Å²) in [6, 6.07) is 8.70. The van der Waals surface area contributed by atoms with E-state index in [1.54, 1.807) is 18.5 Å². The largest absolute Gasteiger partial charge is 0.308 e. The second-order valence-electron chi connectivity index (χ2n) is 5.96. The van der Waals surface area contributed by atoms with Crippen molar-refractivity contribution in [1.29, 1.82) is 0 Å². The van der Waals surface area contributed by atoms with Crippen LogP contribution in [0.5, 0.6) is 0 Å². The first-order chi connectivity index (χ1) is 11.8. The first-order valence-electron chi connectivity index (χ1n) is 7.60. The summed E-state index contributed by atoms with van der Waals surface area (Å²) in [7, 11) is -7.23. The Hall–Kier alpha value is -1.48. The van der Waals surface area contributed by atoms with Gasteiger partial charge in [0, 0.05) is 30.0 Å². The van der Waals surface area contributed by atoms with Crippen LogP contribution in [0, 0.1) is 0 Å². The van der Waals surface area contributed by atoms with Gasteiger partial charge in [-0.1, -0.05) is 17.7 Å². The Kier molecular flexibility index (Phi) is 5.15. The van der Waals surface area contributed by atoms with E-state index in [9.17, 15) is 16.8 Å². The molecule has 1 aliphatic rings. The lowest BCUT2D eigenvalue weighted by Gasteiger charge is -2.20. The van der Waals surface area contributed by atoms with Gasteiger partial charge in [0.25, 0.3) is 0 Å². The zero-order chi connectivity index (χ0) is 18.1. The summed E-state index contributed by atoms with van der Waals surface area (Å²) in [6.45, 7) is 0.348. The van der Waals surface area contributed by atoms with Crippen LogP contribution in [0.15, 0.2) is 53.7 Å². The highest BCUT2D eigenvalue weighted by atomic mass is 35.5. The van der Waals surface area contributed by atoms with E-state index >= 15 is 0 Å². The van der Waals surface area contributed by atoms with Crippen molar-refractivity contribution in [3.63, 3.8) is 0 Å². The number of pyridine rings is 1. The van der Waals surface area contributed by atoms with Gasteiger partial charge >= 0.3 is 0 Å². The second-order valence-corrected chi connectivity index (χ2v) is 10.7. The average molecular weight is 401 g/mol. The van der Waals surface area contributed by atoms with Crippen molar-refractivity contribution < 1.29 is 16.8 Å². The van der Waals surface area contributed by atoms with E-state index in [2.05, 4.69) is 10.3 Å². The average Bonchev–Trinajstić information content (AvgIpc) is 2.90. The van der Waals surface area contributed by atoms with Crippen LogP contribution in [0.25, 0.3) is 0 Å². The topological polar surface area (TPSA) is 93.2 Å². The highest BCUT2D eigenvalue weighted by Crippen LogP contribution is 2.27. The Balaban J connectivity index is 1.85. The summed E-state index contributed by atoms with van der Waals surface area (Å²) < 4.78 is 49.9. The van der Waals surface area contributed by atoms with Crippen LogP contribution in [-0.4, -0.2) is 44.6 Å². The molecule has 0 aliphatic carbocycles. The lowest BCUT2D eigenvalue weighted by atomic mass is 10.2. The Labute approximate surface area is 152 Å². The third-order valence-corrected chi connectivity index (χ3v) is 8.55. The molecule has 2 unspecified atom stereocenters. The zero-order valence-electron chi connectivity index (χ0n) is 13.2. The molecule has 0 saturated carbocycles. The van der Waals surface area contributed by atoms with Crippen molar-refractivity contribution in [2.75, 3.05) is 11.5 Å². The quantitative estimate of drug-likeness (QED) is 0.816. The van der Waals surface area contributed by atoms with Gasteiger partial charge in [-0.25, -0.2) is 16.8 Å². The normalized spacial score (nSPS) is 22.8. The number of hydrogen-bond acceptors (Lipinski definition) is 6. The Morgan fingerprint density at radius 3 is 2.52 bits per heavy atom. The molecule has 0 spiro atoms. The number of aromatic nitrogens is 1. The monoisotopic (exact) mass is 400 g/mol. The van der Waals surface area contributed by atoms with Gasteiger partial charge in [0.2, 0.25) is 0 Å². The van der Waals surface area contributed by atoms with Gasteiger partial charge in [-0.15, -0.1) is 0 Å². The molecule has 2 atom stereocenters. The highest BCUT2D eigenvalue weighted by molar-refractivity contribution is 7.96. The molecule has 3 rings (SSSR count). The van der Waals surface area contributed by atoms with Crippen molar-refractivity contribution in [3.05, 3.63) is 59.4 Å². The summed E-state index contributed by atoms with van der Waals surface area (Å²) in [5.74, 6) is -0.590. The third kappa shape index (κ3) is 4.20. The predicted octanol–water partition coefficient (Wildman–Crippen LogP) is 1.46. The molecular formula is C16H17ClN2O4S2. The lowest BCUT2D eigenvalue weighted by Crippen LogP contribution is -2.43. The van der Waals surface area contributed by atoms with Crippen LogP contribution < -0.4 is 5.32 Å². The Morgan fingerprint density at radius 2 is 1.88 bits per heavy atom. The van der Waals surface area contributed by atoms with Crippen molar-refractivity contribution in [3.8, 4) is 0 Å². The van der Waals surface area contributed by atoms with Crippen LogP contribution in [0.3, 0.4) is 0 Å². The van der Waals surface area contributed by atoms with Gasteiger partial charge in [-0.3, -0.25) is 4.98 Å². The molecule has 134 valence electrons. The maximum absolute atomic E-state index is 12.9. The van der Waals surface area contributed by atoms with E-state index in [0.29, 0.717) is 11.6 Å². The van der Waals surface area contributed by atoms with Crippen LogP contribution in [0.1, 0.15) is 5.56 Å². The molecular weight excluding hydrogens is 384 g/mol. The maximum Gasteiger partial charge on any atom is 0.183 e. The number of halogens is 1. The molecule has 0 radical (unpaired) electrons. The van der Waals surface area contributed by atoms with Crippen molar-refractivity contribution >= 4 is 31.3 Å². The van der Waals surface area contributed by atoms with Crippen LogP contribution in [-0.2, 0) is 26.2 Å².